The smallest absolute Gasteiger partial charge is 0.289 e. The largest absolute Gasteiger partial charge is 0.436 e. The van der Waals surface area contributed by atoms with Crippen molar-refractivity contribution in [3.63, 3.8) is 0 Å². The van der Waals surface area contributed by atoms with Gasteiger partial charge < -0.3 is 14.8 Å². The molecule has 5 heteroatoms. The SMILES string of the molecule is Cc1nc(C)c(C(=O)NCC(O)c2ccccc2)o1. The van der Waals surface area contributed by atoms with Crippen LogP contribution in [-0.2, 0) is 0 Å². The van der Waals surface area contributed by atoms with Crippen LogP contribution in [-0.4, -0.2) is 22.5 Å². The van der Waals surface area contributed by atoms with E-state index in [1.807, 2.05) is 18.2 Å². The van der Waals surface area contributed by atoms with Gasteiger partial charge in [0.2, 0.25) is 5.76 Å². The van der Waals surface area contributed by atoms with E-state index in [0.29, 0.717) is 11.6 Å². The summed E-state index contributed by atoms with van der Waals surface area (Å²) < 4.78 is 5.21. The van der Waals surface area contributed by atoms with Gasteiger partial charge in [0.05, 0.1) is 11.8 Å². The zero-order valence-corrected chi connectivity index (χ0v) is 10.9. The van der Waals surface area contributed by atoms with Gasteiger partial charge in [-0.3, -0.25) is 4.79 Å². The maximum Gasteiger partial charge on any atom is 0.289 e. The van der Waals surface area contributed by atoms with Gasteiger partial charge in [-0.2, -0.15) is 0 Å². The number of aromatic nitrogens is 1. The van der Waals surface area contributed by atoms with E-state index >= 15 is 0 Å². The fraction of sp³-hybridized carbons (Fsp3) is 0.286. The molecule has 0 aliphatic carbocycles. The molecule has 0 aliphatic heterocycles. The van der Waals surface area contributed by atoms with Crippen molar-refractivity contribution in [3.05, 3.63) is 53.2 Å². The summed E-state index contributed by atoms with van der Waals surface area (Å²) in [7, 11) is 0. The number of carbonyl (C=O) groups excluding carboxylic acids is 1. The van der Waals surface area contributed by atoms with Gasteiger partial charge in [0, 0.05) is 13.5 Å². The molecule has 0 bridgehead atoms. The van der Waals surface area contributed by atoms with Crippen molar-refractivity contribution >= 4 is 5.91 Å². The molecule has 2 N–H and O–H groups in total. The monoisotopic (exact) mass is 260 g/mol. The third-order valence-corrected chi connectivity index (χ3v) is 2.75. The lowest BCUT2D eigenvalue weighted by Crippen LogP contribution is -2.28. The van der Waals surface area contributed by atoms with Gasteiger partial charge in [-0.1, -0.05) is 30.3 Å². The molecule has 2 aromatic rings. The molecule has 2 rings (SSSR count). The fourth-order valence-electron chi connectivity index (χ4n) is 1.80. The van der Waals surface area contributed by atoms with Gasteiger partial charge in [-0.05, 0) is 12.5 Å². The molecule has 0 fully saturated rings. The van der Waals surface area contributed by atoms with Crippen molar-refractivity contribution in [2.75, 3.05) is 6.54 Å². The highest BCUT2D eigenvalue weighted by Gasteiger charge is 2.17. The van der Waals surface area contributed by atoms with Crippen molar-refractivity contribution in [2.45, 2.75) is 20.0 Å². The summed E-state index contributed by atoms with van der Waals surface area (Å²) in [4.78, 5) is 15.9. The van der Waals surface area contributed by atoms with Crippen molar-refractivity contribution in [1.82, 2.24) is 10.3 Å². The van der Waals surface area contributed by atoms with Crippen molar-refractivity contribution in [1.29, 1.82) is 0 Å². The predicted octanol–water partition coefficient (Wildman–Crippen LogP) is 1.75. The van der Waals surface area contributed by atoms with E-state index in [1.54, 1.807) is 26.0 Å². The number of carbonyl (C=O) groups is 1. The maximum absolute atomic E-state index is 11.9. The molecule has 1 atom stereocenters. The van der Waals surface area contributed by atoms with Crippen molar-refractivity contribution in [3.8, 4) is 0 Å². The van der Waals surface area contributed by atoms with Crippen LogP contribution in [0.2, 0.25) is 0 Å². The molecule has 1 aromatic carbocycles. The molecular formula is C14H16N2O3. The van der Waals surface area contributed by atoms with Crippen molar-refractivity contribution < 1.29 is 14.3 Å². The number of benzene rings is 1. The molecule has 0 saturated carbocycles. The summed E-state index contributed by atoms with van der Waals surface area (Å²) in [5.41, 5.74) is 1.30. The standard InChI is InChI=1S/C14H16N2O3/c1-9-13(19-10(2)16-9)14(18)15-8-12(17)11-6-4-3-5-7-11/h3-7,12,17H,8H2,1-2H3,(H,15,18). The third kappa shape index (κ3) is 3.20. The Morgan fingerprint density at radius 3 is 2.63 bits per heavy atom. The fourth-order valence-corrected chi connectivity index (χ4v) is 1.80. The Kier molecular flexibility index (Phi) is 3.97. The number of nitrogens with one attached hydrogen (secondary N) is 1. The van der Waals surface area contributed by atoms with Gasteiger partial charge in [0.25, 0.3) is 5.91 Å². The summed E-state index contributed by atoms with van der Waals surface area (Å²) in [6.45, 7) is 3.52. The number of hydrogen-bond donors (Lipinski definition) is 2. The van der Waals surface area contributed by atoms with Crippen LogP contribution in [0, 0.1) is 13.8 Å². The minimum absolute atomic E-state index is 0.127. The average molecular weight is 260 g/mol. The topological polar surface area (TPSA) is 75.4 Å². The average Bonchev–Trinajstić information content (AvgIpc) is 2.75. The number of aliphatic hydroxyl groups excluding tert-OH is 1. The second kappa shape index (κ2) is 5.67. The van der Waals surface area contributed by atoms with Crippen LogP contribution in [0.15, 0.2) is 34.7 Å². The van der Waals surface area contributed by atoms with Crippen LogP contribution in [0.3, 0.4) is 0 Å². The Hall–Kier alpha value is -2.14. The Morgan fingerprint density at radius 1 is 1.37 bits per heavy atom. The third-order valence-electron chi connectivity index (χ3n) is 2.75. The van der Waals surface area contributed by atoms with Gasteiger partial charge in [-0.15, -0.1) is 0 Å². The highest BCUT2D eigenvalue weighted by molar-refractivity contribution is 5.92. The first-order valence-electron chi connectivity index (χ1n) is 6.03. The van der Waals surface area contributed by atoms with Crippen molar-refractivity contribution in [2.24, 2.45) is 0 Å². The van der Waals surface area contributed by atoms with Crippen LogP contribution in [0.25, 0.3) is 0 Å². The van der Waals surface area contributed by atoms with E-state index in [0.717, 1.165) is 5.56 Å². The molecule has 0 radical (unpaired) electrons. The highest BCUT2D eigenvalue weighted by atomic mass is 16.4. The molecular weight excluding hydrogens is 244 g/mol. The van der Waals surface area contributed by atoms with Crippen LogP contribution in [0.1, 0.15) is 33.8 Å². The number of hydrogen-bond acceptors (Lipinski definition) is 4. The first kappa shape index (κ1) is 13.3. The molecule has 100 valence electrons. The molecule has 0 saturated heterocycles. The normalized spacial score (nSPS) is 12.2. The number of aryl methyl sites for hydroxylation is 2. The summed E-state index contributed by atoms with van der Waals surface area (Å²) >= 11 is 0. The first-order chi connectivity index (χ1) is 9.08. The summed E-state index contributed by atoms with van der Waals surface area (Å²) in [6, 6.07) is 9.16. The van der Waals surface area contributed by atoms with E-state index in [9.17, 15) is 9.90 Å². The van der Waals surface area contributed by atoms with E-state index in [4.69, 9.17) is 4.42 Å². The minimum Gasteiger partial charge on any atom is -0.436 e. The van der Waals surface area contributed by atoms with Gasteiger partial charge in [0.1, 0.15) is 0 Å². The van der Waals surface area contributed by atoms with Crippen LogP contribution < -0.4 is 5.32 Å². The molecule has 1 amide bonds. The number of aliphatic hydroxyl groups is 1. The molecule has 0 aliphatic rings. The van der Waals surface area contributed by atoms with Crippen LogP contribution in [0.5, 0.6) is 0 Å². The Balaban J connectivity index is 1.96. The van der Waals surface area contributed by atoms with E-state index in [-0.39, 0.29) is 18.2 Å². The van der Waals surface area contributed by atoms with Gasteiger partial charge in [-0.25, -0.2) is 4.98 Å². The Morgan fingerprint density at radius 2 is 2.05 bits per heavy atom. The summed E-state index contributed by atoms with van der Waals surface area (Å²) in [6.07, 6.45) is -0.741. The Labute approximate surface area is 111 Å². The number of nitrogens with zero attached hydrogens (tertiary/aromatic N) is 1. The second-order valence-electron chi connectivity index (χ2n) is 4.28. The molecule has 19 heavy (non-hydrogen) atoms. The molecule has 5 nitrogen and oxygen atoms in total. The number of amides is 1. The zero-order chi connectivity index (χ0) is 13.8. The highest BCUT2D eigenvalue weighted by Crippen LogP contribution is 2.12. The summed E-state index contributed by atoms with van der Waals surface area (Å²) in [5.74, 6) is 0.275. The number of oxazole rings is 1. The minimum atomic E-state index is -0.741. The second-order valence-corrected chi connectivity index (χ2v) is 4.28. The van der Waals surface area contributed by atoms with E-state index < -0.39 is 6.10 Å². The van der Waals surface area contributed by atoms with Crippen LogP contribution in [0.4, 0.5) is 0 Å². The van der Waals surface area contributed by atoms with Gasteiger partial charge >= 0.3 is 0 Å². The molecule has 1 unspecified atom stereocenters. The van der Waals surface area contributed by atoms with Gasteiger partial charge in [0.15, 0.2) is 5.89 Å². The molecule has 1 heterocycles. The zero-order valence-electron chi connectivity index (χ0n) is 10.9. The first-order valence-corrected chi connectivity index (χ1v) is 6.03. The van der Waals surface area contributed by atoms with E-state index in [2.05, 4.69) is 10.3 Å². The van der Waals surface area contributed by atoms with E-state index in [1.165, 1.54) is 0 Å². The maximum atomic E-state index is 11.9. The summed E-state index contributed by atoms with van der Waals surface area (Å²) in [5, 5.41) is 12.6. The predicted molar refractivity (Wildman–Crippen MR) is 69.7 cm³/mol. The quantitative estimate of drug-likeness (QED) is 0.878. The number of rotatable bonds is 4. The molecule has 1 aromatic heterocycles. The lowest BCUT2D eigenvalue weighted by atomic mass is 10.1. The lowest BCUT2D eigenvalue weighted by molar-refractivity contribution is 0.0887. The van der Waals surface area contributed by atoms with Crippen LogP contribution >= 0.6 is 0 Å². The Bertz CT molecular complexity index is 563. The molecule has 0 spiro atoms. The lowest BCUT2D eigenvalue weighted by Gasteiger charge is -2.11.